The van der Waals surface area contributed by atoms with E-state index >= 15 is 0 Å². The summed E-state index contributed by atoms with van der Waals surface area (Å²) in [5.74, 6) is 1.00. The lowest BCUT2D eigenvalue weighted by molar-refractivity contribution is 0.668. The van der Waals surface area contributed by atoms with Gasteiger partial charge in [0.15, 0.2) is 17.5 Å². The highest BCUT2D eigenvalue weighted by molar-refractivity contribution is 7.26. The molecule has 6 nitrogen and oxygen atoms in total. The Morgan fingerprint density at radius 3 is 1.91 bits per heavy atom. The maximum Gasteiger partial charge on any atom is 0.164 e. The Labute approximate surface area is 347 Å². The maximum atomic E-state index is 9.57. The number of benzene rings is 8. The third kappa shape index (κ3) is 4.62. The van der Waals surface area contributed by atoms with Crippen LogP contribution in [0, 0.1) is 0 Å². The largest absolute Gasteiger partial charge is 0.456 e. The molecule has 0 saturated heterocycles. The van der Waals surface area contributed by atoms with Crippen molar-refractivity contribution in [2.45, 2.75) is 0 Å². The first-order valence-corrected chi connectivity index (χ1v) is 19.3. The number of fused-ring (bicyclic) bond motifs is 13. The molecule has 0 unspecified atom stereocenters. The standard InChI is InChI=1S/C51H28N4O2S/c1-5-16-40-38(15-1)47-41(24-23-37-36-14-4-8-19-46(36)58-48(37)47)55(40)32-11-9-10-29(26-32)49-52-50(30-21-25-44-39(27-30)34-13-3-7-18-43(34)56-44)54-51(53-49)31-20-22-35-33-12-2-6-17-42(33)57-45(35)28-31/h1-28H/i1D,4D,5D,8D,14D,15D,16D,19D,23D,24D. The smallest absolute Gasteiger partial charge is 0.164 e. The van der Waals surface area contributed by atoms with Gasteiger partial charge in [0.2, 0.25) is 0 Å². The first kappa shape index (κ1) is 23.5. The van der Waals surface area contributed by atoms with Crippen LogP contribution >= 0.6 is 11.3 Å². The Kier molecular flexibility index (Phi) is 4.83. The lowest BCUT2D eigenvalue weighted by atomic mass is 10.1. The predicted octanol–water partition coefficient (Wildman–Crippen LogP) is 14.1. The Bertz CT molecular complexity index is 4420. The van der Waals surface area contributed by atoms with Gasteiger partial charge in [0, 0.05) is 74.9 Å². The van der Waals surface area contributed by atoms with Gasteiger partial charge < -0.3 is 13.4 Å². The maximum absolute atomic E-state index is 9.57. The molecule has 0 amide bonds. The molecule has 0 fully saturated rings. The summed E-state index contributed by atoms with van der Waals surface area (Å²) in [5, 5.41) is 4.26. The van der Waals surface area contributed by atoms with E-state index in [1.807, 2.05) is 91.0 Å². The van der Waals surface area contributed by atoms with E-state index in [1.54, 1.807) is 22.8 Å². The summed E-state index contributed by atoms with van der Waals surface area (Å²) in [7, 11) is 0. The molecule has 0 aliphatic carbocycles. The molecule has 0 saturated carbocycles. The number of rotatable bonds is 4. The van der Waals surface area contributed by atoms with Crippen LogP contribution in [-0.2, 0) is 0 Å². The van der Waals surface area contributed by atoms with Crippen LogP contribution < -0.4 is 0 Å². The zero-order valence-electron chi connectivity index (χ0n) is 39.9. The number of hydrogen-bond donors (Lipinski definition) is 0. The van der Waals surface area contributed by atoms with Crippen LogP contribution in [0.1, 0.15) is 13.7 Å². The Balaban J connectivity index is 1.08. The number of aromatic nitrogens is 4. The van der Waals surface area contributed by atoms with E-state index in [1.165, 1.54) is 0 Å². The van der Waals surface area contributed by atoms with Crippen molar-refractivity contribution in [3.8, 4) is 39.9 Å². The summed E-state index contributed by atoms with van der Waals surface area (Å²) >= 11 is 1.01. The van der Waals surface area contributed by atoms with E-state index in [-0.39, 0.29) is 79.4 Å². The average molecular weight is 771 g/mol. The molecule has 0 radical (unpaired) electrons. The first-order chi connectivity index (χ1) is 32.9. The second kappa shape index (κ2) is 11.9. The van der Waals surface area contributed by atoms with Crippen molar-refractivity contribution in [1.82, 2.24) is 19.5 Å². The van der Waals surface area contributed by atoms with E-state index in [4.69, 9.17) is 32.0 Å². The van der Waals surface area contributed by atoms with Gasteiger partial charge in [-0.1, -0.05) is 96.9 Å². The van der Waals surface area contributed by atoms with Gasteiger partial charge in [0.25, 0.3) is 0 Å². The van der Waals surface area contributed by atoms with Gasteiger partial charge in [0.05, 0.1) is 24.7 Å². The summed E-state index contributed by atoms with van der Waals surface area (Å²) in [6.07, 6.45) is 0. The van der Waals surface area contributed by atoms with Crippen LogP contribution in [0.5, 0.6) is 0 Å². The summed E-state index contributed by atoms with van der Waals surface area (Å²) < 4.78 is 104. The normalized spacial score (nSPS) is 14.6. The van der Waals surface area contributed by atoms with Gasteiger partial charge in [-0.05, 0) is 72.7 Å². The molecule has 0 N–H and O–H groups in total. The predicted molar refractivity (Wildman–Crippen MR) is 238 cm³/mol. The van der Waals surface area contributed by atoms with Crippen LogP contribution in [-0.4, -0.2) is 19.5 Å². The van der Waals surface area contributed by atoms with E-state index < -0.39 is 24.2 Å². The second-order valence-electron chi connectivity index (χ2n) is 14.0. The molecule has 0 aliphatic rings. The number of furan rings is 2. The van der Waals surface area contributed by atoms with Crippen molar-refractivity contribution >= 4 is 97.2 Å². The van der Waals surface area contributed by atoms with E-state index in [0.29, 0.717) is 49.9 Å². The summed E-state index contributed by atoms with van der Waals surface area (Å²) in [6.45, 7) is 0. The molecule has 0 spiro atoms. The van der Waals surface area contributed by atoms with E-state index in [9.17, 15) is 5.48 Å². The lowest BCUT2D eigenvalue weighted by Crippen LogP contribution is -2.01. The Hall–Kier alpha value is -7.61. The van der Waals surface area contributed by atoms with Crippen LogP contribution in [0.4, 0.5) is 0 Å². The summed E-state index contributed by atoms with van der Waals surface area (Å²) in [6, 6.07) is 30.3. The van der Waals surface area contributed by atoms with Crippen molar-refractivity contribution in [1.29, 1.82) is 0 Å². The molecule has 13 aromatic rings. The number of hydrogen-bond acceptors (Lipinski definition) is 6. The zero-order valence-corrected chi connectivity index (χ0v) is 30.7. The highest BCUT2D eigenvalue weighted by Gasteiger charge is 2.20. The summed E-state index contributed by atoms with van der Waals surface area (Å²) in [4.78, 5) is 15.1. The molecular formula is C51H28N4O2S. The fourth-order valence-electron chi connectivity index (χ4n) is 8.11. The molecular weight excluding hydrogens is 733 g/mol. The monoisotopic (exact) mass is 770 g/mol. The molecule has 0 aliphatic heterocycles. The average Bonchev–Trinajstić information content (AvgIpc) is 4.14. The van der Waals surface area contributed by atoms with Crippen molar-refractivity contribution in [2.75, 3.05) is 0 Å². The van der Waals surface area contributed by atoms with Crippen LogP contribution in [0.15, 0.2) is 178 Å². The minimum atomic E-state index is -0.497. The van der Waals surface area contributed by atoms with Crippen LogP contribution in [0.3, 0.4) is 0 Å². The van der Waals surface area contributed by atoms with Crippen molar-refractivity contribution < 1.29 is 22.5 Å². The lowest BCUT2D eigenvalue weighted by Gasteiger charge is -2.12. The van der Waals surface area contributed by atoms with Gasteiger partial charge in [0.1, 0.15) is 22.3 Å². The van der Waals surface area contributed by atoms with Crippen molar-refractivity contribution in [3.05, 3.63) is 170 Å². The van der Waals surface area contributed by atoms with Crippen molar-refractivity contribution in [3.63, 3.8) is 0 Å². The molecule has 7 heteroatoms. The minimum absolute atomic E-state index is 0.0531. The van der Waals surface area contributed by atoms with Gasteiger partial charge in [-0.2, -0.15) is 0 Å². The molecule has 5 aromatic heterocycles. The summed E-state index contributed by atoms with van der Waals surface area (Å²) in [5.41, 5.74) is 5.27. The molecule has 0 bridgehead atoms. The number of nitrogens with zero attached hydrogens (tertiary/aromatic N) is 4. The molecule has 5 heterocycles. The highest BCUT2D eigenvalue weighted by atomic mass is 32.1. The van der Waals surface area contributed by atoms with Gasteiger partial charge in [-0.15, -0.1) is 11.3 Å². The Morgan fingerprint density at radius 2 is 1.09 bits per heavy atom. The van der Waals surface area contributed by atoms with E-state index in [2.05, 4.69) is 0 Å². The van der Waals surface area contributed by atoms with Gasteiger partial charge >= 0.3 is 0 Å². The molecule has 270 valence electrons. The second-order valence-corrected chi connectivity index (χ2v) is 15.0. The fourth-order valence-corrected chi connectivity index (χ4v) is 9.23. The molecule has 13 rings (SSSR count). The third-order valence-corrected chi connectivity index (χ3v) is 11.9. The molecule has 58 heavy (non-hydrogen) atoms. The van der Waals surface area contributed by atoms with Crippen LogP contribution in [0.2, 0.25) is 0 Å². The quantitative estimate of drug-likeness (QED) is 0.178. The van der Waals surface area contributed by atoms with Crippen molar-refractivity contribution in [2.24, 2.45) is 0 Å². The first-order valence-electron chi connectivity index (χ1n) is 23.4. The van der Waals surface area contributed by atoms with Crippen LogP contribution in [0.25, 0.3) is 126 Å². The molecule has 8 aromatic carbocycles. The minimum Gasteiger partial charge on any atom is -0.456 e. The van der Waals surface area contributed by atoms with Gasteiger partial charge in [-0.3, -0.25) is 0 Å². The van der Waals surface area contributed by atoms with Gasteiger partial charge in [-0.25, -0.2) is 15.0 Å². The SMILES string of the molecule is [2H]c1c([2H])c([2H])c2c(sc3c2c([2H])c([2H])c2c3c3c([2H])c([2H])c([2H])c([2H])c3n2-c2cccc(-c3nc(-c4ccc5c(c4)oc4ccccc45)nc(-c4ccc5oc6ccccc6c5c4)n3)c2)c1[2H]. The number of thiophene rings is 1. The fraction of sp³-hybridized carbons (Fsp3) is 0. The zero-order chi connectivity index (χ0) is 46.6. The molecule has 0 atom stereocenters. The Morgan fingerprint density at radius 1 is 0.448 bits per heavy atom. The topological polar surface area (TPSA) is 69.9 Å². The number of para-hydroxylation sites is 3. The third-order valence-electron chi connectivity index (χ3n) is 10.7. The highest BCUT2D eigenvalue weighted by Crippen LogP contribution is 2.44. The van der Waals surface area contributed by atoms with E-state index in [0.717, 1.165) is 44.0 Å².